The topological polar surface area (TPSA) is 44.8 Å². The van der Waals surface area contributed by atoms with E-state index in [1.54, 1.807) is 48.4 Å². The number of ether oxygens (including phenoxy) is 1. The highest BCUT2D eigenvalue weighted by molar-refractivity contribution is 6.13. The van der Waals surface area contributed by atoms with Crippen LogP contribution in [0.2, 0.25) is 0 Å². The van der Waals surface area contributed by atoms with Crippen molar-refractivity contribution in [2.45, 2.75) is 12.2 Å². The zero-order chi connectivity index (χ0) is 22.5. The van der Waals surface area contributed by atoms with Gasteiger partial charge in [0.1, 0.15) is 28.9 Å². The van der Waals surface area contributed by atoms with Gasteiger partial charge in [0.2, 0.25) is 0 Å². The van der Waals surface area contributed by atoms with E-state index in [0.29, 0.717) is 47.9 Å². The van der Waals surface area contributed by atoms with Crippen LogP contribution in [0, 0.1) is 17.5 Å². The van der Waals surface area contributed by atoms with Gasteiger partial charge in [0, 0.05) is 48.7 Å². The molecule has 5 nitrogen and oxygen atoms in total. The van der Waals surface area contributed by atoms with Crippen LogP contribution in [0.5, 0.6) is 5.75 Å². The number of methoxy groups -OCH3 is 1. The van der Waals surface area contributed by atoms with Gasteiger partial charge in [-0.25, -0.2) is 13.2 Å². The average molecular weight is 439 g/mol. The third-order valence-corrected chi connectivity index (χ3v) is 5.94. The van der Waals surface area contributed by atoms with Crippen LogP contribution < -0.4 is 15.0 Å². The van der Waals surface area contributed by atoms with Crippen molar-refractivity contribution in [1.82, 2.24) is 4.90 Å². The number of amides is 1. The molecule has 0 saturated carbocycles. The summed E-state index contributed by atoms with van der Waals surface area (Å²) in [5, 5.41) is 3.46. The van der Waals surface area contributed by atoms with Gasteiger partial charge < -0.3 is 10.1 Å². The van der Waals surface area contributed by atoms with E-state index < -0.39 is 23.1 Å². The molecule has 0 aliphatic carbocycles. The van der Waals surface area contributed by atoms with Crippen molar-refractivity contribution < 1.29 is 22.7 Å². The van der Waals surface area contributed by atoms with E-state index in [1.165, 1.54) is 0 Å². The lowest BCUT2D eigenvalue weighted by Crippen LogP contribution is -2.76. The summed E-state index contributed by atoms with van der Waals surface area (Å²) in [5.41, 5.74) is 0.952. The highest BCUT2D eigenvalue weighted by atomic mass is 19.1. The molecular formula is C24H20F3N3O2. The number of fused-ring (bicyclic) bond motifs is 1. The molecule has 3 aromatic rings. The summed E-state index contributed by atoms with van der Waals surface area (Å²) < 4.78 is 46.7. The molecule has 1 amide bonds. The Balaban J connectivity index is 1.47. The number of para-hydroxylation sites is 1. The predicted octanol–water partition coefficient (Wildman–Crippen LogP) is 4.40. The summed E-state index contributed by atoms with van der Waals surface area (Å²) in [6, 6.07) is 15.7. The molecule has 5 rings (SSSR count). The molecule has 1 N–H and O–H groups in total. The van der Waals surface area contributed by atoms with Crippen LogP contribution in [0.15, 0.2) is 60.7 Å². The molecule has 1 fully saturated rings. The van der Waals surface area contributed by atoms with Gasteiger partial charge in [-0.05, 0) is 36.4 Å². The quantitative estimate of drug-likeness (QED) is 0.655. The summed E-state index contributed by atoms with van der Waals surface area (Å²) in [5.74, 6) is -2.30. The molecule has 0 bridgehead atoms. The van der Waals surface area contributed by atoms with Gasteiger partial charge in [-0.1, -0.05) is 12.1 Å². The smallest absolute Gasteiger partial charge is 0.262 e. The Kier molecular flexibility index (Phi) is 4.82. The molecule has 3 aromatic carbocycles. The molecule has 2 aliphatic heterocycles. The molecule has 0 radical (unpaired) electrons. The molecule has 1 spiro atoms. The van der Waals surface area contributed by atoms with Crippen molar-refractivity contribution in [1.29, 1.82) is 0 Å². The Labute approximate surface area is 183 Å². The van der Waals surface area contributed by atoms with Gasteiger partial charge in [0.15, 0.2) is 0 Å². The third-order valence-electron chi connectivity index (χ3n) is 5.94. The Morgan fingerprint density at radius 1 is 1.00 bits per heavy atom. The lowest BCUT2D eigenvalue weighted by molar-refractivity contribution is 0.0595. The Morgan fingerprint density at radius 3 is 2.31 bits per heavy atom. The number of hydrogen-bond donors (Lipinski definition) is 1. The molecule has 2 heterocycles. The van der Waals surface area contributed by atoms with Crippen LogP contribution in [-0.2, 0) is 6.54 Å². The minimum absolute atomic E-state index is 0.0341. The number of carbonyl (C=O) groups excluding carboxylic acids is 1. The van der Waals surface area contributed by atoms with Crippen LogP contribution in [0.1, 0.15) is 15.9 Å². The number of hydrogen-bond acceptors (Lipinski definition) is 4. The number of likely N-dealkylation sites (tertiary alicyclic amines) is 1. The highest BCUT2D eigenvalue weighted by Crippen LogP contribution is 2.41. The van der Waals surface area contributed by atoms with Crippen LogP contribution >= 0.6 is 0 Å². The van der Waals surface area contributed by atoms with Crippen molar-refractivity contribution in [3.05, 3.63) is 89.2 Å². The van der Waals surface area contributed by atoms with Crippen molar-refractivity contribution in [2.75, 3.05) is 30.4 Å². The lowest BCUT2D eigenvalue weighted by atomic mass is 9.90. The third kappa shape index (κ3) is 3.27. The number of nitrogens with zero attached hydrogens (tertiary/aromatic N) is 2. The maximum Gasteiger partial charge on any atom is 0.262 e. The molecule has 0 aromatic heterocycles. The molecule has 1 saturated heterocycles. The first-order valence-electron chi connectivity index (χ1n) is 10.1. The first-order chi connectivity index (χ1) is 15.4. The van der Waals surface area contributed by atoms with Crippen LogP contribution in [0.3, 0.4) is 0 Å². The first-order valence-corrected chi connectivity index (χ1v) is 10.1. The summed E-state index contributed by atoms with van der Waals surface area (Å²) in [6.07, 6.45) is 0. The normalized spacial score (nSPS) is 17.0. The van der Waals surface area contributed by atoms with Crippen LogP contribution in [0.4, 0.5) is 24.5 Å². The van der Waals surface area contributed by atoms with Gasteiger partial charge in [0.25, 0.3) is 5.91 Å². The standard InChI is InChI=1S/C24H20F3N3O2/c1-32-17-8-6-16(7-9-17)30-23(31)18-4-2-3-5-22(18)28-24(30)13-29(14-24)12-19-20(26)10-15(25)11-21(19)27/h2-11,28H,12-14H2,1H3. The summed E-state index contributed by atoms with van der Waals surface area (Å²) >= 11 is 0. The second-order valence-corrected chi connectivity index (χ2v) is 8.03. The zero-order valence-electron chi connectivity index (χ0n) is 17.2. The monoisotopic (exact) mass is 439 g/mol. The molecule has 2 aliphatic rings. The van der Waals surface area contributed by atoms with Gasteiger partial charge in [-0.3, -0.25) is 14.6 Å². The maximum atomic E-state index is 14.1. The van der Waals surface area contributed by atoms with Gasteiger partial charge in [-0.15, -0.1) is 0 Å². The largest absolute Gasteiger partial charge is 0.497 e. The SMILES string of the molecule is COc1ccc(N2C(=O)c3ccccc3NC23CN(Cc2c(F)cc(F)cc2F)C3)cc1. The van der Waals surface area contributed by atoms with Crippen LogP contribution in [-0.4, -0.2) is 36.7 Å². The number of benzene rings is 3. The number of carbonyl (C=O) groups is 1. The molecular weight excluding hydrogens is 419 g/mol. The van der Waals surface area contributed by atoms with Crippen LogP contribution in [0.25, 0.3) is 0 Å². The van der Waals surface area contributed by atoms with E-state index in [-0.39, 0.29) is 18.0 Å². The first kappa shape index (κ1) is 20.4. The van der Waals surface area contributed by atoms with Gasteiger partial charge in [0.05, 0.1) is 12.7 Å². The minimum atomic E-state index is -0.953. The highest BCUT2D eigenvalue weighted by Gasteiger charge is 2.53. The number of halogens is 3. The van der Waals surface area contributed by atoms with E-state index in [2.05, 4.69) is 5.32 Å². The zero-order valence-corrected chi connectivity index (χ0v) is 17.2. The fourth-order valence-corrected chi connectivity index (χ4v) is 4.47. The van der Waals surface area contributed by atoms with E-state index in [1.807, 2.05) is 17.0 Å². The summed E-state index contributed by atoms with van der Waals surface area (Å²) in [7, 11) is 1.57. The minimum Gasteiger partial charge on any atom is -0.497 e. The maximum absolute atomic E-state index is 14.1. The number of nitrogens with one attached hydrogen (secondary N) is 1. The Bertz CT molecular complexity index is 1170. The Hall–Kier alpha value is -3.52. The summed E-state index contributed by atoms with van der Waals surface area (Å²) in [4.78, 5) is 17.0. The van der Waals surface area contributed by atoms with E-state index in [0.717, 1.165) is 0 Å². The van der Waals surface area contributed by atoms with Gasteiger partial charge >= 0.3 is 0 Å². The average Bonchev–Trinajstić information content (AvgIpc) is 2.75. The molecule has 0 atom stereocenters. The van der Waals surface area contributed by atoms with E-state index in [9.17, 15) is 18.0 Å². The van der Waals surface area contributed by atoms with Crippen molar-refractivity contribution >= 4 is 17.3 Å². The van der Waals surface area contributed by atoms with Gasteiger partial charge in [-0.2, -0.15) is 0 Å². The predicted molar refractivity (Wildman–Crippen MR) is 114 cm³/mol. The summed E-state index contributed by atoms with van der Waals surface area (Å²) in [6.45, 7) is 0.623. The molecule has 0 unspecified atom stereocenters. The fourth-order valence-electron chi connectivity index (χ4n) is 4.47. The second-order valence-electron chi connectivity index (χ2n) is 8.03. The van der Waals surface area contributed by atoms with E-state index in [4.69, 9.17) is 4.74 Å². The number of anilines is 2. The lowest BCUT2D eigenvalue weighted by Gasteiger charge is -2.58. The molecule has 8 heteroatoms. The van der Waals surface area contributed by atoms with Crippen molar-refractivity contribution in [3.8, 4) is 5.75 Å². The second kappa shape index (κ2) is 7.56. The number of rotatable bonds is 4. The van der Waals surface area contributed by atoms with E-state index >= 15 is 0 Å². The molecule has 32 heavy (non-hydrogen) atoms. The van der Waals surface area contributed by atoms with Crippen molar-refractivity contribution in [3.63, 3.8) is 0 Å². The van der Waals surface area contributed by atoms with Crippen molar-refractivity contribution in [2.24, 2.45) is 0 Å². The Morgan fingerprint density at radius 2 is 1.66 bits per heavy atom. The fraction of sp³-hybridized carbons (Fsp3) is 0.208. The molecule has 164 valence electrons.